The number of ether oxygens (including phenoxy) is 1. The van der Waals surface area contributed by atoms with Crippen LogP contribution in [0.5, 0.6) is 5.88 Å². The van der Waals surface area contributed by atoms with Crippen molar-refractivity contribution in [3.8, 4) is 5.88 Å². The average molecular weight is 358 g/mol. The molecule has 2 aromatic carbocycles. The smallest absolute Gasteiger partial charge is 0.312 e. The maximum Gasteiger partial charge on any atom is 0.312 e. The highest BCUT2D eigenvalue weighted by Gasteiger charge is 2.13. The molecule has 0 amide bonds. The minimum Gasteiger partial charge on any atom is -0.409 e. The number of hydrogen-bond donors (Lipinski definition) is 0. The van der Waals surface area contributed by atoms with Gasteiger partial charge in [-0.1, -0.05) is 53.2 Å². The molecule has 0 aliphatic rings. The molecule has 0 unspecified atom stereocenters. The van der Waals surface area contributed by atoms with E-state index in [-0.39, 0.29) is 5.97 Å². The van der Waals surface area contributed by atoms with E-state index in [1.165, 1.54) is 0 Å². The van der Waals surface area contributed by atoms with E-state index in [1.807, 2.05) is 47.0 Å². The third-order valence-electron chi connectivity index (χ3n) is 3.52. The Balaban J connectivity index is 2.07. The lowest BCUT2D eigenvalue weighted by molar-refractivity contribution is -0.134. The van der Waals surface area contributed by atoms with Crippen LogP contribution in [0, 0.1) is 0 Å². The van der Waals surface area contributed by atoms with Crippen LogP contribution in [0.4, 0.5) is 0 Å². The molecule has 0 saturated heterocycles. The van der Waals surface area contributed by atoms with E-state index in [1.54, 1.807) is 6.92 Å². The first-order valence-corrected chi connectivity index (χ1v) is 8.00. The van der Waals surface area contributed by atoms with Crippen molar-refractivity contribution in [3.05, 3.63) is 64.6 Å². The first-order chi connectivity index (χ1) is 10.7. The molecule has 0 atom stereocenters. The monoisotopic (exact) mass is 357 g/mol. The van der Waals surface area contributed by atoms with Crippen LogP contribution < -0.4 is 4.74 Å². The zero-order valence-electron chi connectivity index (χ0n) is 12.3. The second-order valence-electron chi connectivity index (χ2n) is 5.09. The van der Waals surface area contributed by atoms with Gasteiger partial charge in [-0.05, 0) is 23.8 Å². The van der Waals surface area contributed by atoms with Gasteiger partial charge < -0.3 is 9.30 Å². The summed E-state index contributed by atoms with van der Waals surface area (Å²) in [6, 6.07) is 18.1. The zero-order chi connectivity index (χ0) is 15.5. The summed E-state index contributed by atoms with van der Waals surface area (Å²) in [6.45, 7) is 2.46. The number of carbonyl (C=O) groups is 1. The fourth-order valence-electron chi connectivity index (χ4n) is 2.42. The van der Waals surface area contributed by atoms with Gasteiger partial charge in [-0.15, -0.1) is 0 Å². The Labute approximate surface area is 137 Å². The van der Waals surface area contributed by atoms with Crippen LogP contribution in [0.15, 0.2) is 59.1 Å². The average Bonchev–Trinajstić information content (AvgIpc) is 2.84. The predicted octanol–water partition coefficient (Wildman–Crippen LogP) is 4.77. The fraction of sp³-hybridized carbons (Fsp3) is 0.167. The number of benzene rings is 2. The lowest BCUT2D eigenvalue weighted by Gasteiger charge is -2.10. The van der Waals surface area contributed by atoms with E-state index < -0.39 is 0 Å². The molecule has 0 aliphatic carbocycles. The molecule has 0 aliphatic heterocycles. The van der Waals surface area contributed by atoms with Crippen molar-refractivity contribution >= 4 is 32.8 Å². The summed E-state index contributed by atoms with van der Waals surface area (Å²) < 4.78 is 8.54. The molecular formula is C18H16BrNO2. The Morgan fingerprint density at radius 2 is 1.91 bits per heavy atom. The van der Waals surface area contributed by atoms with Crippen LogP contribution in [0.3, 0.4) is 0 Å². The van der Waals surface area contributed by atoms with Crippen molar-refractivity contribution < 1.29 is 9.53 Å². The van der Waals surface area contributed by atoms with Crippen LogP contribution in [0.2, 0.25) is 0 Å². The molecule has 0 bridgehead atoms. The summed E-state index contributed by atoms with van der Waals surface area (Å²) in [5.41, 5.74) is 2.21. The van der Waals surface area contributed by atoms with Gasteiger partial charge in [-0.25, -0.2) is 0 Å². The van der Waals surface area contributed by atoms with E-state index in [2.05, 4.69) is 28.1 Å². The van der Waals surface area contributed by atoms with Crippen molar-refractivity contribution in [1.82, 2.24) is 4.57 Å². The van der Waals surface area contributed by atoms with Gasteiger partial charge >= 0.3 is 5.97 Å². The van der Waals surface area contributed by atoms with Crippen LogP contribution in [-0.2, 0) is 11.3 Å². The Hall–Kier alpha value is -2.07. The second-order valence-corrected chi connectivity index (χ2v) is 6.00. The summed E-state index contributed by atoms with van der Waals surface area (Å²) >= 11 is 3.48. The predicted molar refractivity (Wildman–Crippen MR) is 91.1 cm³/mol. The number of hydrogen-bond acceptors (Lipinski definition) is 2. The summed E-state index contributed by atoms with van der Waals surface area (Å²) in [7, 11) is 0. The summed E-state index contributed by atoms with van der Waals surface area (Å²) in [5.74, 6) is 0.361. The van der Waals surface area contributed by atoms with Gasteiger partial charge in [0.2, 0.25) is 5.88 Å². The molecule has 3 rings (SSSR count). The van der Waals surface area contributed by atoms with Crippen molar-refractivity contribution in [2.24, 2.45) is 0 Å². The van der Waals surface area contributed by atoms with Gasteiger partial charge in [0.05, 0.1) is 12.1 Å². The van der Waals surface area contributed by atoms with E-state index in [0.717, 1.165) is 20.9 Å². The van der Waals surface area contributed by atoms with Gasteiger partial charge in [-0.3, -0.25) is 4.79 Å². The van der Waals surface area contributed by atoms with E-state index in [9.17, 15) is 4.79 Å². The van der Waals surface area contributed by atoms with Gasteiger partial charge in [0.1, 0.15) is 0 Å². The summed E-state index contributed by atoms with van der Waals surface area (Å²) in [5, 5.41) is 1.05. The topological polar surface area (TPSA) is 31.2 Å². The SMILES string of the molecule is CCC(=O)Oc1cc2cc(Br)ccc2n1Cc1ccccc1. The molecule has 1 heterocycles. The molecule has 3 nitrogen and oxygen atoms in total. The van der Waals surface area contributed by atoms with Gasteiger partial charge in [-0.2, -0.15) is 0 Å². The molecule has 0 radical (unpaired) electrons. The number of halogens is 1. The number of nitrogens with zero attached hydrogens (tertiary/aromatic N) is 1. The van der Waals surface area contributed by atoms with Crippen LogP contribution in [-0.4, -0.2) is 10.5 Å². The first kappa shape index (κ1) is 14.9. The molecule has 22 heavy (non-hydrogen) atoms. The lowest BCUT2D eigenvalue weighted by atomic mass is 10.2. The quantitative estimate of drug-likeness (QED) is 0.630. The highest BCUT2D eigenvalue weighted by molar-refractivity contribution is 9.10. The zero-order valence-corrected chi connectivity index (χ0v) is 13.8. The molecule has 1 aromatic heterocycles. The van der Waals surface area contributed by atoms with Crippen molar-refractivity contribution in [2.45, 2.75) is 19.9 Å². The van der Waals surface area contributed by atoms with E-state index in [0.29, 0.717) is 18.8 Å². The molecule has 0 fully saturated rings. The molecule has 0 N–H and O–H groups in total. The molecule has 3 aromatic rings. The molecule has 0 saturated carbocycles. The first-order valence-electron chi connectivity index (χ1n) is 7.21. The Kier molecular flexibility index (Phi) is 4.29. The molecular weight excluding hydrogens is 342 g/mol. The van der Waals surface area contributed by atoms with Crippen LogP contribution >= 0.6 is 15.9 Å². The highest BCUT2D eigenvalue weighted by Crippen LogP contribution is 2.29. The van der Waals surface area contributed by atoms with Crippen molar-refractivity contribution in [2.75, 3.05) is 0 Å². The Morgan fingerprint density at radius 3 is 2.64 bits per heavy atom. The normalized spacial score (nSPS) is 10.8. The lowest BCUT2D eigenvalue weighted by Crippen LogP contribution is -2.10. The molecule has 0 spiro atoms. The third-order valence-corrected chi connectivity index (χ3v) is 4.01. The van der Waals surface area contributed by atoms with E-state index in [4.69, 9.17) is 4.74 Å². The summed E-state index contributed by atoms with van der Waals surface area (Å²) in [4.78, 5) is 11.7. The highest BCUT2D eigenvalue weighted by atomic mass is 79.9. The number of aromatic nitrogens is 1. The maximum atomic E-state index is 11.7. The Morgan fingerprint density at radius 1 is 1.14 bits per heavy atom. The van der Waals surface area contributed by atoms with Crippen LogP contribution in [0.1, 0.15) is 18.9 Å². The third kappa shape index (κ3) is 3.07. The molecule has 112 valence electrons. The minimum absolute atomic E-state index is 0.226. The minimum atomic E-state index is -0.226. The fourth-order valence-corrected chi connectivity index (χ4v) is 2.80. The molecule has 4 heteroatoms. The number of fused-ring (bicyclic) bond motifs is 1. The number of carbonyl (C=O) groups excluding carboxylic acids is 1. The van der Waals surface area contributed by atoms with E-state index >= 15 is 0 Å². The number of esters is 1. The van der Waals surface area contributed by atoms with Crippen molar-refractivity contribution in [3.63, 3.8) is 0 Å². The standard InChI is InChI=1S/C18H16BrNO2/c1-2-18(21)22-17-11-14-10-15(19)8-9-16(14)20(17)12-13-6-4-3-5-7-13/h3-11H,2,12H2,1H3. The number of rotatable bonds is 4. The van der Waals surface area contributed by atoms with Gasteiger partial charge in [0.15, 0.2) is 0 Å². The Bertz CT molecular complexity index is 809. The summed E-state index contributed by atoms with van der Waals surface area (Å²) in [6.07, 6.45) is 0.358. The largest absolute Gasteiger partial charge is 0.409 e. The van der Waals surface area contributed by atoms with Crippen molar-refractivity contribution in [1.29, 1.82) is 0 Å². The van der Waals surface area contributed by atoms with Gasteiger partial charge in [0, 0.05) is 22.3 Å². The van der Waals surface area contributed by atoms with Gasteiger partial charge in [0.25, 0.3) is 0 Å². The van der Waals surface area contributed by atoms with Crippen LogP contribution in [0.25, 0.3) is 10.9 Å². The second kappa shape index (κ2) is 6.36. The maximum absolute atomic E-state index is 11.7.